The molecule has 0 aliphatic carbocycles. The van der Waals surface area contributed by atoms with Gasteiger partial charge in [0.15, 0.2) is 0 Å². The van der Waals surface area contributed by atoms with Crippen LogP contribution < -0.4 is 4.74 Å². The minimum atomic E-state index is -0.275. The summed E-state index contributed by atoms with van der Waals surface area (Å²) in [6.45, 7) is 2.56. The van der Waals surface area contributed by atoms with Crippen LogP contribution in [0.1, 0.15) is 5.56 Å². The standard InChI is InChI=1S/C13H13NO3/c1-10-3-2-4-11(9-10)17-8-7-14-12(15)5-6-13(14)16/h2-6,9H,7-8H2,1H3. The number of hydrogen-bond donors (Lipinski definition) is 0. The van der Waals surface area contributed by atoms with E-state index in [4.69, 9.17) is 4.74 Å². The molecule has 0 bridgehead atoms. The van der Waals surface area contributed by atoms with Crippen molar-refractivity contribution in [3.05, 3.63) is 42.0 Å². The molecule has 2 rings (SSSR count). The number of benzene rings is 1. The van der Waals surface area contributed by atoms with Gasteiger partial charge in [0.1, 0.15) is 12.4 Å². The van der Waals surface area contributed by atoms with E-state index in [-0.39, 0.29) is 18.4 Å². The van der Waals surface area contributed by atoms with E-state index in [2.05, 4.69) is 0 Å². The van der Waals surface area contributed by atoms with Crippen LogP contribution in [0.25, 0.3) is 0 Å². The van der Waals surface area contributed by atoms with E-state index in [1.807, 2.05) is 31.2 Å². The molecule has 1 heterocycles. The third-order valence-corrected chi connectivity index (χ3v) is 2.47. The molecular weight excluding hydrogens is 218 g/mol. The number of carbonyl (C=O) groups is 2. The van der Waals surface area contributed by atoms with Crippen molar-refractivity contribution in [2.24, 2.45) is 0 Å². The van der Waals surface area contributed by atoms with E-state index in [9.17, 15) is 9.59 Å². The van der Waals surface area contributed by atoms with Crippen molar-refractivity contribution in [1.82, 2.24) is 4.90 Å². The maximum atomic E-state index is 11.2. The predicted molar refractivity (Wildman–Crippen MR) is 62.5 cm³/mol. The van der Waals surface area contributed by atoms with Gasteiger partial charge in [0, 0.05) is 12.2 Å². The second-order valence-corrected chi connectivity index (χ2v) is 3.83. The molecule has 17 heavy (non-hydrogen) atoms. The van der Waals surface area contributed by atoms with Gasteiger partial charge in [0.05, 0.1) is 6.54 Å². The summed E-state index contributed by atoms with van der Waals surface area (Å²) in [7, 11) is 0. The van der Waals surface area contributed by atoms with Crippen LogP contribution >= 0.6 is 0 Å². The Balaban J connectivity index is 1.84. The molecule has 4 nitrogen and oxygen atoms in total. The molecular formula is C13H13NO3. The number of amides is 2. The number of aryl methyl sites for hydroxylation is 1. The van der Waals surface area contributed by atoms with Crippen LogP contribution in [-0.4, -0.2) is 29.9 Å². The van der Waals surface area contributed by atoms with E-state index in [0.717, 1.165) is 16.2 Å². The quantitative estimate of drug-likeness (QED) is 0.734. The zero-order chi connectivity index (χ0) is 12.3. The third kappa shape index (κ3) is 2.72. The molecule has 1 aromatic rings. The lowest BCUT2D eigenvalue weighted by molar-refractivity contribution is -0.137. The molecule has 0 spiro atoms. The summed E-state index contributed by atoms with van der Waals surface area (Å²) in [6.07, 6.45) is 2.55. The smallest absolute Gasteiger partial charge is 0.253 e. The van der Waals surface area contributed by atoms with Crippen LogP contribution in [0.2, 0.25) is 0 Å². The van der Waals surface area contributed by atoms with Crippen molar-refractivity contribution in [3.63, 3.8) is 0 Å². The minimum absolute atomic E-state index is 0.275. The second kappa shape index (κ2) is 4.82. The lowest BCUT2D eigenvalue weighted by atomic mass is 10.2. The Morgan fingerprint density at radius 3 is 2.53 bits per heavy atom. The van der Waals surface area contributed by atoms with Gasteiger partial charge >= 0.3 is 0 Å². The maximum absolute atomic E-state index is 11.2. The van der Waals surface area contributed by atoms with Crippen molar-refractivity contribution in [3.8, 4) is 5.75 Å². The van der Waals surface area contributed by atoms with Crippen LogP contribution in [0.15, 0.2) is 36.4 Å². The zero-order valence-electron chi connectivity index (χ0n) is 9.55. The first-order chi connectivity index (χ1) is 8.16. The summed E-state index contributed by atoms with van der Waals surface area (Å²) in [4.78, 5) is 23.7. The summed E-state index contributed by atoms with van der Waals surface area (Å²) in [6, 6.07) is 7.63. The Kier molecular flexibility index (Phi) is 3.23. The van der Waals surface area contributed by atoms with E-state index in [0.29, 0.717) is 6.61 Å². The minimum Gasteiger partial charge on any atom is -0.492 e. The van der Waals surface area contributed by atoms with Crippen LogP contribution in [0.3, 0.4) is 0 Å². The van der Waals surface area contributed by atoms with Crippen molar-refractivity contribution in [2.75, 3.05) is 13.2 Å². The second-order valence-electron chi connectivity index (χ2n) is 3.83. The molecule has 0 saturated heterocycles. The highest BCUT2D eigenvalue weighted by molar-refractivity contribution is 6.12. The number of carbonyl (C=O) groups excluding carboxylic acids is 2. The Bertz CT molecular complexity index is 461. The fraction of sp³-hybridized carbons (Fsp3) is 0.231. The van der Waals surface area contributed by atoms with Crippen LogP contribution in [0.5, 0.6) is 5.75 Å². The average Bonchev–Trinajstić information content (AvgIpc) is 2.61. The summed E-state index contributed by atoms with van der Waals surface area (Å²) in [5.74, 6) is 0.197. The molecule has 4 heteroatoms. The Morgan fingerprint density at radius 1 is 1.18 bits per heavy atom. The van der Waals surface area contributed by atoms with Crippen LogP contribution in [0.4, 0.5) is 0 Å². The summed E-state index contributed by atoms with van der Waals surface area (Å²) < 4.78 is 5.47. The molecule has 0 fully saturated rings. The summed E-state index contributed by atoms with van der Waals surface area (Å²) in [5.41, 5.74) is 1.11. The van der Waals surface area contributed by atoms with E-state index < -0.39 is 0 Å². The van der Waals surface area contributed by atoms with Crippen molar-refractivity contribution in [1.29, 1.82) is 0 Å². The fourth-order valence-corrected chi connectivity index (χ4v) is 1.61. The molecule has 1 aliphatic rings. The Hall–Kier alpha value is -2.10. The van der Waals surface area contributed by atoms with Gasteiger partial charge < -0.3 is 4.74 Å². The molecule has 88 valence electrons. The normalized spacial score (nSPS) is 14.5. The van der Waals surface area contributed by atoms with E-state index in [1.54, 1.807) is 0 Å². The molecule has 1 aliphatic heterocycles. The van der Waals surface area contributed by atoms with Crippen molar-refractivity contribution < 1.29 is 14.3 Å². The molecule has 2 amide bonds. The monoisotopic (exact) mass is 231 g/mol. The van der Waals surface area contributed by atoms with Gasteiger partial charge in [-0.1, -0.05) is 12.1 Å². The van der Waals surface area contributed by atoms with Crippen molar-refractivity contribution >= 4 is 11.8 Å². The first kappa shape index (κ1) is 11.4. The number of rotatable bonds is 4. The molecule has 0 aromatic heterocycles. The topological polar surface area (TPSA) is 46.6 Å². The molecule has 0 N–H and O–H groups in total. The summed E-state index contributed by atoms with van der Waals surface area (Å²) in [5, 5.41) is 0. The van der Waals surface area contributed by atoms with Gasteiger partial charge in [-0.15, -0.1) is 0 Å². The lowest BCUT2D eigenvalue weighted by Gasteiger charge is -2.14. The Morgan fingerprint density at radius 2 is 1.88 bits per heavy atom. The predicted octanol–water partition coefficient (Wildman–Crippen LogP) is 1.30. The van der Waals surface area contributed by atoms with Crippen LogP contribution in [0, 0.1) is 6.92 Å². The van der Waals surface area contributed by atoms with Crippen LogP contribution in [-0.2, 0) is 9.59 Å². The highest BCUT2D eigenvalue weighted by Crippen LogP contribution is 2.12. The molecule has 0 unspecified atom stereocenters. The van der Waals surface area contributed by atoms with Gasteiger partial charge in [0.2, 0.25) is 0 Å². The SMILES string of the molecule is Cc1cccc(OCCN2C(=O)C=CC2=O)c1. The zero-order valence-corrected chi connectivity index (χ0v) is 9.55. The highest BCUT2D eigenvalue weighted by Gasteiger charge is 2.22. The third-order valence-electron chi connectivity index (χ3n) is 2.47. The number of hydrogen-bond acceptors (Lipinski definition) is 3. The molecule has 0 radical (unpaired) electrons. The Labute approximate surface area is 99.5 Å². The van der Waals surface area contributed by atoms with Gasteiger partial charge in [-0.2, -0.15) is 0 Å². The largest absolute Gasteiger partial charge is 0.492 e. The maximum Gasteiger partial charge on any atom is 0.253 e. The number of imide groups is 1. The molecule has 0 atom stereocenters. The fourth-order valence-electron chi connectivity index (χ4n) is 1.61. The number of ether oxygens (including phenoxy) is 1. The highest BCUT2D eigenvalue weighted by atomic mass is 16.5. The molecule has 1 aromatic carbocycles. The molecule has 0 saturated carbocycles. The van der Waals surface area contributed by atoms with Gasteiger partial charge in [-0.25, -0.2) is 0 Å². The van der Waals surface area contributed by atoms with E-state index in [1.165, 1.54) is 12.2 Å². The number of nitrogens with zero attached hydrogens (tertiary/aromatic N) is 1. The van der Waals surface area contributed by atoms with Gasteiger partial charge in [-0.3, -0.25) is 14.5 Å². The van der Waals surface area contributed by atoms with Crippen molar-refractivity contribution in [2.45, 2.75) is 6.92 Å². The lowest BCUT2D eigenvalue weighted by Crippen LogP contribution is -2.33. The van der Waals surface area contributed by atoms with E-state index >= 15 is 0 Å². The summed E-state index contributed by atoms with van der Waals surface area (Å²) >= 11 is 0. The average molecular weight is 231 g/mol. The first-order valence-electron chi connectivity index (χ1n) is 5.40. The first-order valence-corrected chi connectivity index (χ1v) is 5.40. The van der Waals surface area contributed by atoms with Gasteiger partial charge in [-0.05, 0) is 24.6 Å². The van der Waals surface area contributed by atoms with Gasteiger partial charge in [0.25, 0.3) is 11.8 Å².